The van der Waals surface area contributed by atoms with Crippen molar-refractivity contribution in [3.63, 3.8) is 0 Å². The summed E-state index contributed by atoms with van der Waals surface area (Å²) in [7, 11) is 0. The van der Waals surface area contributed by atoms with Gasteiger partial charge in [0.2, 0.25) is 0 Å². The molecule has 0 amide bonds. The normalized spacial score (nSPS) is 36.4. The molecule has 1 aliphatic heterocycles. The molecule has 0 spiro atoms. The Morgan fingerprint density at radius 2 is 2.04 bits per heavy atom. The fourth-order valence-corrected chi connectivity index (χ4v) is 3.10. The van der Waals surface area contributed by atoms with Crippen LogP contribution in [0.15, 0.2) is 36.0 Å². The SMILES string of the molecule is C=C1C(=O)O[C@H]2/C=C(\C)[C@H](OC(C)=O)C[C@H](OO)C(=C)C[C@H](O)[C@H]12. The molecule has 1 saturated heterocycles. The summed E-state index contributed by atoms with van der Waals surface area (Å²) in [4.78, 5) is 27.6. The minimum absolute atomic E-state index is 0.0851. The quantitative estimate of drug-likeness (QED) is 0.259. The maximum atomic E-state index is 11.8. The van der Waals surface area contributed by atoms with Gasteiger partial charge in [0.25, 0.3) is 0 Å². The van der Waals surface area contributed by atoms with Gasteiger partial charge in [-0.2, -0.15) is 0 Å². The van der Waals surface area contributed by atoms with Crippen LogP contribution in [-0.4, -0.2) is 46.7 Å². The molecular formula is C17H22O7. The molecule has 0 saturated carbocycles. The molecule has 0 aromatic carbocycles. The van der Waals surface area contributed by atoms with E-state index in [1.807, 2.05) is 0 Å². The molecule has 2 N–H and O–H groups in total. The minimum Gasteiger partial charge on any atom is -0.458 e. The molecule has 7 heteroatoms. The zero-order valence-corrected chi connectivity index (χ0v) is 13.7. The molecule has 2 rings (SSSR count). The highest BCUT2D eigenvalue weighted by Gasteiger charge is 2.43. The van der Waals surface area contributed by atoms with Crippen LogP contribution < -0.4 is 0 Å². The minimum atomic E-state index is -0.964. The van der Waals surface area contributed by atoms with Crippen molar-refractivity contribution < 1.29 is 34.3 Å². The standard InChI is InChI=1S/C17H22O7/c1-8-5-12(19)16-10(3)17(20)23-15(16)6-9(2)13(22-11(4)18)7-14(8)24-21/h6,12-16,19,21H,1,3,5,7H2,2,4H3/b9-6+/t12-,13+,14-,15-,16-/m0/s1. The van der Waals surface area contributed by atoms with Crippen LogP contribution in [0.3, 0.4) is 0 Å². The van der Waals surface area contributed by atoms with E-state index in [1.165, 1.54) is 6.92 Å². The Hall–Kier alpha value is -1.96. The van der Waals surface area contributed by atoms with E-state index in [4.69, 9.17) is 14.7 Å². The molecule has 0 unspecified atom stereocenters. The van der Waals surface area contributed by atoms with Crippen molar-refractivity contribution in [3.05, 3.63) is 36.0 Å². The Balaban J connectivity index is 2.42. The number of ether oxygens (including phenoxy) is 2. The van der Waals surface area contributed by atoms with Gasteiger partial charge in [0.15, 0.2) is 0 Å². The third kappa shape index (κ3) is 3.75. The third-order valence-corrected chi connectivity index (χ3v) is 4.40. The van der Waals surface area contributed by atoms with Crippen LogP contribution in [-0.2, 0) is 24.0 Å². The highest BCUT2D eigenvalue weighted by Crippen LogP contribution is 2.36. The van der Waals surface area contributed by atoms with Gasteiger partial charge in [0, 0.05) is 18.9 Å². The first-order valence-electron chi connectivity index (χ1n) is 7.65. The van der Waals surface area contributed by atoms with Crippen molar-refractivity contribution in [2.45, 2.75) is 51.1 Å². The highest BCUT2D eigenvalue weighted by atomic mass is 17.1. The Morgan fingerprint density at radius 3 is 2.62 bits per heavy atom. The molecule has 5 atom stereocenters. The highest BCUT2D eigenvalue weighted by molar-refractivity contribution is 5.91. The van der Waals surface area contributed by atoms with Crippen molar-refractivity contribution in [1.82, 2.24) is 0 Å². The molecule has 1 fully saturated rings. The van der Waals surface area contributed by atoms with Gasteiger partial charge in [-0.05, 0) is 30.6 Å². The predicted octanol–water partition coefficient (Wildman–Crippen LogP) is 1.53. The summed E-state index contributed by atoms with van der Waals surface area (Å²) in [6.45, 7) is 10.5. The molecule has 2 aliphatic rings. The Morgan fingerprint density at radius 1 is 1.38 bits per heavy atom. The van der Waals surface area contributed by atoms with E-state index in [0.717, 1.165) is 0 Å². The number of fused-ring (bicyclic) bond motifs is 1. The topological polar surface area (TPSA) is 102 Å². The van der Waals surface area contributed by atoms with Gasteiger partial charge in [-0.3, -0.25) is 10.1 Å². The fourth-order valence-electron chi connectivity index (χ4n) is 3.10. The lowest BCUT2D eigenvalue weighted by Gasteiger charge is -2.29. The smallest absolute Gasteiger partial charge is 0.334 e. The number of carbonyl (C=O) groups is 2. The zero-order valence-electron chi connectivity index (χ0n) is 13.7. The van der Waals surface area contributed by atoms with E-state index in [1.54, 1.807) is 13.0 Å². The van der Waals surface area contributed by atoms with Crippen molar-refractivity contribution in [2.24, 2.45) is 5.92 Å². The summed E-state index contributed by atoms with van der Waals surface area (Å²) >= 11 is 0. The number of hydrogen-bond acceptors (Lipinski definition) is 7. The van der Waals surface area contributed by atoms with Gasteiger partial charge >= 0.3 is 11.9 Å². The summed E-state index contributed by atoms with van der Waals surface area (Å²) in [5.74, 6) is -1.70. The van der Waals surface area contributed by atoms with E-state index in [2.05, 4.69) is 18.0 Å². The van der Waals surface area contributed by atoms with Gasteiger partial charge in [-0.25, -0.2) is 9.68 Å². The monoisotopic (exact) mass is 338 g/mol. The number of aliphatic hydroxyl groups excluding tert-OH is 1. The maximum Gasteiger partial charge on any atom is 0.334 e. The van der Waals surface area contributed by atoms with Gasteiger partial charge in [-0.15, -0.1) is 0 Å². The van der Waals surface area contributed by atoms with Gasteiger partial charge in [0.1, 0.15) is 18.3 Å². The van der Waals surface area contributed by atoms with Gasteiger partial charge in [0.05, 0.1) is 12.0 Å². The summed E-state index contributed by atoms with van der Waals surface area (Å²) in [5, 5.41) is 19.6. The van der Waals surface area contributed by atoms with Crippen LogP contribution in [0.5, 0.6) is 0 Å². The van der Waals surface area contributed by atoms with Crippen molar-refractivity contribution in [3.8, 4) is 0 Å². The number of esters is 2. The van der Waals surface area contributed by atoms with Crippen molar-refractivity contribution in [1.29, 1.82) is 0 Å². The molecule has 0 aromatic heterocycles. The second kappa shape index (κ2) is 7.29. The Kier molecular flexibility index (Phi) is 5.58. The number of aliphatic hydroxyl groups is 1. The molecule has 1 heterocycles. The number of carbonyl (C=O) groups excluding carboxylic acids is 2. The maximum absolute atomic E-state index is 11.8. The first kappa shape index (κ1) is 18.4. The molecule has 7 nitrogen and oxygen atoms in total. The van der Waals surface area contributed by atoms with Crippen molar-refractivity contribution >= 4 is 11.9 Å². The summed E-state index contributed by atoms with van der Waals surface area (Å²) < 4.78 is 10.5. The van der Waals surface area contributed by atoms with E-state index in [9.17, 15) is 14.7 Å². The average Bonchev–Trinajstić information content (AvgIpc) is 2.76. The first-order valence-corrected chi connectivity index (χ1v) is 7.65. The molecule has 0 aromatic rings. The number of rotatable bonds is 2. The molecule has 24 heavy (non-hydrogen) atoms. The van der Waals surface area contributed by atoms with Crippen molar-refractivity contribution in [2.75, 3.05) is 0 Å². The summed E-state index contributed by atoms with van der Waals surface area (Å²) in [5.41, 5.74) is 1.21. The van der Waals surface area contributed by atoms with E-state index >= 15 is 0 Å². The fraction of sp³-hybridized carbons (Fsp3) is 0.529. The second-order valence-electron chi connectivity index (χ2n) is 6.19. The van der Waals surface area contributed by atoms with E-state index < -0.39 is 42.3 Å². The lowest BCUT2D eigenvalue weighted by atomic mass is 9.83. The predicted molar refractivity (Wildman–Crippen MR) is 83.7 cm³/mol. The zero-order chi connectivity index (χ0) is 18.0. The van der Waals surface area contributed by atoms with Gasteiger partial charge < -0.3 is 14.6 Å². The van der Waals surface area contributed by atoms with Crippen LogP contribution in [0.2, 0.25) is 0 Å². The van der Waals surface area contributed by atoms with E-state index in [0.29, 0.717) is 11.1 Å². The van der Waals surface area contributed by atoms with Crippen LogP contribution in [0, 0.1) is 5.92 Å². The first-order chi connectivity index (χ1) is 11.2. The molecule has 0 radical (unpaired) electrons. The Labute approximate surface area is 140 Å². The van der Waals surface area contributed by atoms with E-state index in [-0.39, 0.29) is 18.4 Å². The van der Waals surface area contributed by atoms with Crippen LogP contribution in [0.4, 0.5) is 0 Å². The molecule has 1 aliphatic carbocycles. The lowest BCUT2D eigenvalue weighted by Crippen LogP contribution is -2.34. The second-order valence-corrected chi connectivity index (χ2v) is 6.19. The lowest BCUT2D eigenvalue weighted by molar-refractivity contribution is -0.273. The Bertz CT molecular complexity index is 592. The van der Waals surface area contributed by atoms with Crippen LogP contribution >= 0.6 is 0 Å². The largest absolute Gasteiger partial charge is 0.458 e. The molecule has 0 bridgehead atoms. The third-order valence-electron chi connectivity index (χ3n) is 4.40. The summed E-state index contributed by atoms with van der Waals surface area (Å²) in [6, 6.07) is 0. The number of hydrogen-bond donors (Lipinski definition) is 2. The molecular weight excluding hydrogens is 316 g/mol. The average molecular weight is 338 g/mol. The van der Waals surface area contributed by atoms with Crippen LogP contribution in [0.1, 0.15) is 26.7 Å². The van der Waals surface area contributed by atoms with Gasteiger partial charge in [-0.1, -0.05) is 13.2 Å². The van der Waals surface area contributed by atoms with Crippen LogP contribution in [0.25, 0.3) is 0 Å². The summed E-state index contributed by atoms with van der Waals surface area (Å²) in [6.07, 6.45) is -1.31. The molecule has 132 valence electrons.